The Morgan fingerprint density at radius 2 is 1.89 bits per heavy atom. The zero-order chi connectivity index (χ0) is 13.7. The van der Waals surface area contributed by atoms with Crippen molar-refractivity contribution in [3.05, 3.63) is 42.5 Å². The lowest BCUT2D eigenvalue weighted by Crippen LogP contribution is -2.35. The van der Waals surface area contributed by atoms with Crippen LogP contribution >= 0.6 is 0 Å². The van der Waals surface area contributed by atoms with Crippen molar-refractivity contribution in [1.82, 2.24) is 5.32 Å². The lowest BCUT2D eigenvalue weighted by Gasteiger charge is -2.14. The molecule has 0 unspecified atom stereocenters. The van der Waals surface area contributed by atoms with Gasteiger partial charge in [0.05, 0.1) is 5.69 Å². The summed E-state index contributed by atoms with van der Waals surface area (Å²) in [5.74, 6) is 0. The van der Waals surface area contributed by atoms with Crippen LogP contribution in [0.4, 0.5) is 10.5 Å². The van der Waals surface area contributed by atoms with E-state index >= 15 is 0 Å². The zero-order valence-corrected chi connectivity index (χ0v) is 11.4. The molecule has 100 valence electrons. The minimum Gasteiger partial charge on any atom is -0.335 e. The van der Waals surface area contributed by atoms with Gasteiger partial charge >= 0.3 is 6.03 Å². The van der Waals surface area contributed by atoms with Gasteiger partial charge in [0.2, 0.25) is 0 Å². The molecular weight excluding hydrogens is 236 g/mol. The molecule has 2 N–H and O–H groups in total. The molecule has 2 aromatic carbocycles. The summed E-state index contributed by atoms with van der Waals surface area (Å²) in [7, 11) is 0. The van der Waals surface area contributed by atoms with Gasteiger partial charge in [-0.05, 0) is 24.8 Å². The van der Waals surface area contributed by atoms with Crippen molar-refractivity contribution in [2.24, 2.45) is 0 Å². The quantitative estimate of drug-likeness (QED) is 0.847. The number of amides is 2. The summed E-state index contributed by atoms with van der Waals surface area (Å²) < 4.78 is 0. The van der Waals surface area contributed by atoms with Crippen LogP contribution in [-0.4, -0.2) is 12.1 Å². The van der Waals surface area contributed by atoms with E-state index in [9.17, 15) is 4.79 Å². The highest BCUT2D eigenvalue weighted by Gasteiger charge is 2.08. The molecule has 0 spiro atoms. The van der Waals surface area contributed by atoms with Crippen molar-refractivity contribution in [3.63, 3.8) is 0 Å². The number of carbonyl (C=O) groups is 1. The number of urea groups is 1. The van der Waals surface area contributed by atoms with Gasteiger partial charge in [-0.1, -0.05) is 49.7 Å². The second-order valence-electron chi connectivity index (χ2n) is 4.81. The van der Waals surface area contributed by atoms with Crippen LogP contribution in [-0.2, 0) is 0 Å². The minimum absolute atomic E-state index is 0.141. The van der Waals surface area contributed by atoms with E-state index in [1.54, 1.807) is 0 Å². The van der Waals surface area contributed by atoms with Crippen LogP contribution in [0.25, 0.3) is 10.8 Å². The van der Waals surface area contributed by atoms with Crippen LogP contribution in [0, 0.1) is 0 Å². The topological polar surface area (TPSA) is 41.1 Å². The van der Waals surface area contributed by atoms with Gasteiger partial charge in [0.1, 0.15) is 0 Å². The standard InChI is InChI=1S/C16H20N2O/c1-3-7-12(2)17-16(19)18-15-11-6-9-13-8-4-5-10-14(13)15/h4-6,8-12H,3,7H2,1-2H3,(H2,17,18,19)/t12-/m1/s1. The van der Waals surface area contributed by atoms with Gasteiger partial charge in [0, 0.05) is 11.4 Å². The second kappa shape index (κ2) is 6.23. The van der Waals surface area contributed by atoms with Crippen molar-refractivity contribution in [3.8, 4) is 0 Å². The lowest BCUT2D eigenvalue weighted by atomic mass is 10.1. The number of hydrogen-bond donors (Lipinski definition) is 2. The van der Waals surface area contributed by atoms with E-state index in [0.717, 1.165) is 29.3 Å². The first kappa shape index (κ1) is 13.4. The molecule has 19 heavy (non-hydrogen) atoms. The summed E-state index contributed by atoms with van der Waals surface area (Å²) in [6.45, 7) is 4.13. The summed E-state index contributed by atoms with van der Waals surface area (Å²) in [5, 5.41) is 8.05. The monoisotopic (exact) mass is 256 g/mol. The number of hydrogen-bond acceptors (Lipinski definition) is 1. The molecule has 3 heteroatoms. The smallest absolute Gasteiger partial charge is 0.319 e. The number of rotatable bonds is 4. The van der Waals surface area contributed by atoms with Crippen molar-refractivity contribution >= 4 is 22.5 Å². The van der Waals surface area contributed by atoms with Gasteiger partial charge in [-0.2, -0.15) is 0 Å². The van der Waals surface area contributed by atoms with E-state index < -0.39 is 0 Å². The fourth-order valence-corrected chi connectivity index (χ4v) is 2.22. The van der Waals surface area contributed by atoms with Crippen molar-refractivity contribution in [2.45, 2.75) is 32.7 Å². The number of benzene rings is 2. The van der Waals surface area contributed by atoms with E-state index in [1.807, 2.05) is 49.4 Å². The Labute approximate surface area is 114 Å². The Hall–Kier alpha value is -2.03. The molecule has 2 rings (SSSR count). The van der Waals surface area contributed by atoms with Crippen LogP contribution < -0.4 is 10.6 Å². The molecule has 0 aliphatic carbocycles. The van der Waals surface area contributed by atoms with Crippen LogP contribution in [0.2, 0.25) is 0 Å². The predicted octanol–water partition coefficient (Wildman–Crippen LogP) is 4.15. The van der Waals surface area contributed by atoms with Gasteiger partial charge in [-0.3, -0.25) is 0 Å². The van der Waals surface area contributed by atoms with Gasteiger partial charge in [-0.25, -0.2) is 4.79 Å². The molecule has 0 aromatic heterocycles. The third kappa shape index (κ3) is 3.47. The Kier molecular flexibility index (Phi) is 4.39. The van der Waals surface area contributed by atoms with Gasteiger partial charge in [0.25, 0.3) is 0 Å². The Balaban J connectivity index is 2.11. The summed E-state index contributed by atoms with van der Waals surface area (Å²) >= 11 is 0. The maximum Gasteiger partial charge on any atom is 0.319 e. The molecule has 2 aromatic rings. The van der Waals surface area contributed by atoms with Crippen molar-refractivity contribution < 1.29 is 4.79 Å². The highest BCUT2D eigenvalue weighted by Crippen LogP contribution is 2.22. The van der Waals surface area contributed by atoms with E-state index in [1.165, 1.54) is 0 Å². The highest BCUT2D eigenvalue weighted by molar-refractivity contribution is 6.01. The molecule has 0 radical (unpaired) electrons. The normalized spacial score (nSPS) is 12.1. The summed E-state index contributed by atoms with van der Waals surface area (Å²) in [4.78, 5) is 11.9. The Morgan fingerprint density at radius 1 is 1.16 bits per heavy atom. The van der Waals surface area contributed by atoms with Crippen LogP contribution in [0.15, 0.2) is 42.5 Å². The van der Waals surface area contributed by atoms with Gasteiger partial charge in [-0.15, -0.1) is 0 Å². The lowest BCUT2D eigenvalue weighted by molar-refractivity contribution is 0.248. The Morgan fingerprint density at radius 3 is 2.68 bits per heavy atom. The van der Waals surface area contributed by atoms with E-state index in [-0.39, 0.29) is 12.1 Å². The molecule has 1 atom stereocenters. The number of fused-ring (bicyclic) bond motifs is 1. The largest absolute Gasteiger partial charge is 0.335 e. The number of nitrogens with one attached hydrogen (secondary N) is 2. The van der Waals surface area contributed by atoms with Gasteiger partial charge in [0.15, 0.2) is 0 Å². The fraction of sp³-hybridized carbons (Fsp3) is 0.312. The third-order valence-corrected chi connectivity index (χ3v) is 3.14. The fourth-order valence-electron chi connectivity index (χ4n) is 2.22. The molecular formula is C16H20N2O. The average molecular weight is 256 g/mol. The number of carbonyl (C=O) groups excluding carboxylic acids is 1. The van der Waals surface area contributed by atoms with Crippen LogP contribution in [0.1, 0.15) is 26.7 Å². The molecule has 0 bridgehead atoms. The molecule has 0 aliphatic rings. The maximum absolute atomic E-state index is 11.9. The average Bonchev–Trinajstić information content (AvgIpc) is 2.39. The van der Waals surface area contributed by atoms with E-state index in [2.05, 4.69) is 17.6 Å². The van der Waals surface area contributed by atoms with E-state index in [4.69, 9.17) is 0 Å². The minimum atomic E-state index is -0.141. The maximum atomic E-state index is 11.9. The van der Waals surface area contributed by atoms with E-state index in [0.29, 0.717) is 0 Å². The van der Waals surface area contributed by atoms with Crippen molar-refractivity contribution in [1.29, 1.82) is 0 Å². The SMILES string of the molecule is CCC[C@@H](C)NC(=O)Nc1cccc2ccccc12. The zero-order valence-electron chi connectivity index (χ0n) is 11.4. The first-order valence-electron chi connectivity index (χ1n) is 6.76. The highest BCUT2D eigenvalue weighted by atomic mass is 16.2. The molecule has 2 amide bonds. The van der Waals surface area contributed by atoms with Crippen LogP contribution in [0.3, 0.4) is 0 Å². The molecule has 0 saturated heterocycles. The third-order valence-electron chi connectivity index (χ3n) is 3.14. The molecule has 0 heterocycles. The van der Waals surface area contributed by atoms with Crippen molar-refractivity contribution in [2.75, 3.05) is 5.32 Å². The Bertz CT molecular complexity index is 560. The second-order valence-corrected chi connectivity index (χ2v) is 4.81. The summed E-state index contributed by atoms with van der Waals surface area (Å²) in [6.07, 6.45) is 2.05. The number of anilines is 1. The summed E-state index contributed by atoms with van der Waals surface area (Å²) in [6, 6.07) is 14.0. The van der Waals surface area contributed by atoms with Gasteiger partial charge < -0.3 is 10.6 Å². The molecule has 0 fully saturated rings. The van der Waals surface area contributed by atoms with Crippen LogP contribution in [0.5, 0.6) is 0 Å². The first-order valence-corrected chi connectivity index (χ1v) is 6.76. The first-order chi connectivity index (χ1) is 9.20. The molecule has 3 nitrogen and oxygen atoms in total. The summed E-state index contributed by atoms with van der Waals surface area (Å²) in [5.41, 5.74) is 0.847. The molecule has 0 aliphatic heterocycles. The predicted molar refractivity (Wildman–Crippen MR) is 80.5 cm³/mol. The molecule has 0 saturated carbocycles.